The third kappa shape index (κ3) is 4.52. The molecule has 0 radical (unpaired) electrons. The maximum absolute atomic E-state index is 12.6. The highest BCUT2D eigenvalue weighted by atomic mass is 16.5. The fourth-order valence-corrected chi connectivity index (χ4v) is 2.65. The van der Waals surface area contributed by atoms with E-state index in [4.69, 9.17) is 10.5 Å². The Labute approximate surface area is 152 Å². The summed E-state index contributed by atoms with van der Waals surface area (Å²) >= 11 is 0. The molecule has 0 spiro atoms. The molecule has 1 atom stereocenters. The van der Waals surface area contributed by atoms with E-state index in [1.54, 1.807) is 6.07 Å². The van der Waals surface area contributed by atoms with Gasteiger partial charge < -0.3 is 10.5 Å². The first-order chi connectivity index (χ1) is 12.7. The molecule has 3 aromatic rings. The zero-order valence-electron chi connectivity index (χ0n) is 14.6. The number of aromatic nitrogens is 2. The first-order valence-electron chi connectivity index (χ1n) is 8.50. The summed E-state index contributed by atoms with van der Waals surface area (Å²) in [5.41, 5.74) is 8.90. The molecule has 1 aromatic heterocycles. The highest BCUT2D eigenvalue weighted by molar-refractivity contribution is 5.97. The largest absolute Gasteiger partial charge is 0.470 e. The number of nitrogens with zero attached hydrogens (tertiary/aromatic N) is 2. The maximum atomic E-state index is 12.6. The third-order valence-corrected chi connectivity index (χ3v) is 4.09. The summed E-state index contributed by atoms with van der Waals surface area (Å²) in [4.78, 5) is 20.7. The third-order valence-electron chi connectivity index (χ3n) is 4.09. The second kappa shape index (κ2) is 8.36. The summed E-state index contributed by atoms with van der Waals surface area (Å²) in [5, 5.41) is 0. The molecule has 0 bridgehead atoms. The molecular weight excluding hydrogens is 326 g/mol. The minimum absolute atomic E-state index is 0.0812. The number of carbonyl (C=O) groups excluding carboxylic acids is 1. The molecule has 2 N–H and O–H groups in total. The normalized spacial score (nSPS) is 11.8. The molecule has 2 aromatic carbocycles. The molecule has 1 unspecified atom stereocenters. The second-order valence-corrected chi connectivity index (χ2v) is 6.02. The van der Waals surface area contributed by atoms with Crippen LogP contribution < -0.4 is 10.5 Å². The number of hydrogen-bond donors (Lipinski definition) is 1. The summed E-state index contributed by atoms with van der Waals surface area (Å²) in [5.74, 6) is 0.548. The molecule has 0 fully saturated rings. The monoisotopic (exact) mass is 347 g/mol. The lowest BCUT2D eigenvalue weighted by atomic mass is 10.00. The van der Waals surface area contributed by atoms with Crippen LogP contribution in [0, 0.1) is 0 Å². The average Bonchev–Trinajstić information content (AvgIpc) is 2.69. The van der Waals surface area contributed by atoms with Gasteiger partial charge in [0.05, 0.1) is 5.69 Å². The summed E-state index contributed by atoms with van der Waals surface area (Å²) < 4.78 is 5.88. The van der Waals surface area contributed by atoms with Crippen molar-refractivity contribution in [3.63, 3.8) is 0 Å². The first-order valence-corrected chi connectivity index (χ1v) is 8.50. The number of rotatable bonds is 7. The highest BCUT2D eigenvalue weighted by Gasteiger charge is 2.13. The minimum Gasteiger partial charge on any atom is -0.470 e. The molecule has 0 saturated carbocycles. The van der Waals surface area contributed by atoms with Crippen molar-refractivity contribution in [1.29, 1.82) is 0 Å². The van der Waals surface area contributed by atoms with Gasteiger partial charge in [-0.2, -0.15) is 0 Å². The van der Waals surface area contributed by atoms with Gasteiger partial charge in [0.1, 0.15) is 12.4 Å². The van der Waals surface area contributed by atoms with Crippen molar-refractivity contribution in [2.45, 2.75) is 26.0 Å². The predicted molar refractivity (Wildman–Crippen MR) is 99.9 cm³/mol. The van der Waals surface area contributed by atoms with Gasteiger partial charge in [-0.25, -0.2) is 9.97 Å². The van der Waals surface area contributed by atoms with Crippen molar-refractivity contribution in [1.82, 2.24) is 9.97 Å². The van der Waals surface area contributed by atoms with Crippen molar-refractivity contribution in [2.24, 2.45) is 5.73 Å². The fraction of sp³-hybridized carbons (Fsp3) is 0.190. The molecule has 5 nitrogen and oxygen atoms in total. The van der Waals surface area contributed by atoms with Crippen LogP contribution in [0.1, 0.15) is 40.2 Å². The molecule has 132 valence electrons. The molecule has 0 aliphatic rings. The van der Waals surface area contributed by atoms with Crippen molar-refractivity contribution >= 4 is 5.78 Å². The van der Waals surface area contributed by atoms with Gasteiger partial charge >= 0.3 is 0 Å². The van der Waals surface area contributed by atoms with E-state index in [1.165, 1.54) is 6.33 Å². The Balaban J connectivity index is 1.72. The van der Waals surface area contributed by atoms with Gasteiger partial charge in [-0.1, -0.05) is 48.5 Å². The van der Waals surface area contributed by atoms with Crippen LogP contribution in [0.3, 0.4) is 0 Å². The van der Waals surface area contributed by atoms with Gasteiger partial charge in [-0.05, 0) is 24.1 Å². The van der Waals surface area contributed by atoms with Crippen molar-refractivity contribution in [3.05, 3.63) is 89.4 Å². The van der Waals surface area contributed by atoms with Crippen molar-refractivity contribution in [3.8, 4) is 5.88 Å². The van der Waals surface area contributed by atoms with Crippen LogP contribution in [0.25, 0.3) is 0 Å². The average molecular weight is 347 g/mol. The van der Waals surface area contributed by atoms with Crippen molar-refractivity contribution < 1.29 is 9.53 Å². The zero-order valence-corrected chi connectivity index (χ0v) is 14.6. The predicted octanol–water partition coefficient (Wildman–Crippen LogP) is 3.50. The molecule has 0 aliphatic carbocycles. The van der Waals surface area contributed by atoms with E-state index >= 15 is 0 Å². The lowest BCUT2D eigenvalue weighted by molar-refractivity contribution is 0.0992. The molecular formula is C21H21N3O2. The van der Waals surface area contributed by atoms with E-state index in [9.17, 15) is 4.79 Å². The van der Waals surface area contributed by atoms with Crippen LogP contribution >= 0.6 is 0 Å². The topological polar surface area (TPSA) is 78.1 Å². The van der Waals surface area contributed by atoms with Gasteiger partial charge in [-0.15, -0.1) is 0 Å². The van der Waals surface area contributed by atoms with E-state index in [-0.39, 0.29) is 11.9 Å². The molecule has 1 heterocycles. The summed E-state index contributed by atoms with van der Waals surface area (Å²) in [6.07, 6.45) is 1.56. The molecule has 0 amide bonds. The van der Waals surface area contributed by atoms with E-state index < -0.39 is 0 Å². The number of ether oxygens (including phenoxy) is 1. The van der Waals surface area contributed by atoms with Crippen LogP contribution in [0.2, 0.25) is 0 Å². The van der Waals surface area contributed by atoms with E-state index in [2.05, 4.69) is 9.97 Å². The van der Waals surface area contributed by atoms with E-state index in [1.807, 2.05) is 61.5 Å². The van der Waals surface area contributed by atoms with Gasteiger partial charge in [0.25, 0.3) is 0 Å². The van der Waals surface area contributed by atoms with Gasteiger partial charge in [0.2, 0.25) is 5.88 Å². The summed E-state index contributed by atoms with van der Waals surface area (Å²) in [6, 6.07) is 19.0. The Morgan fingerprint density at radius 1 is 1.08 bits per heavy atom. The highest BCUT2D eigenvalue weighted by Crippen LogP contribution is 2.21. The standard InChI is InChI=1S/C21H21N3O2/c1-15(26-21-12-19(13-22)23-14-24-21)17-8-5-9-18(11-17)20(25)10-16-6-3-2-4-7-16/h2-9,11-12,14-15H,10,13,22H2,1H3. The molecule has 3 rings (SSSR count). The Morgan fingerprint density at radius 3 is 2.65 bits per heavy atom. The second-order valence-electron chi connectivity index (χ2n) is 6.02. The summed E-state index contributed by atoms with van der Waals surface area (Å²) in [7, 11) is 0. The van der Waals surface area contributed by atoms with Gasteiger partial charge in [-0.3, -0.25) is 4.79 Å². The maximum Gasteiger partial charge on any atom is 0.217 e. The number of carbonyl (C=O) groups is 1. The Hall–Kier alpha value is -3.05. The minimum atomic E-state index is -0.250. The number of benzene rings is 2. The zero-order chi connectivity index (χ0) is 18.4. The lowest BCUT2D eigenvalue weighted by Gasteiger charge is -2.15. The van der Waals surface area contributed by atoms with Crippen molar-refractivity contribution in [2.75, 3.05) is 0 Å². The number of ketones is 1. The van der Waals surface area contributed by atoms with Crippen LogP contribution in [-0.4, -0.2) is 15.8 Å². The smallest absolute Gasteiger partial charge is 0.217 e. The van der Waals surface area contributed by atoms with Crippen LogP contribution in [-0.2, 0) is 13.0 Å². The van der Waals surface area contributed by atoms with E-state index in [0.29, 0.717) is 30.1 Å². The Bertz CT molecular complexity index is 881. The molecule has 5 heteroatoms. The molecule has 26 heavy (non-hydrogen) atoms. The molecule has 0 saturated heterocycles. The Kier molecular flexibility index (Phi) is 5.71. The fourth-order valence-electron chi connectivity index (χ4n) is 2.65. The van der Waals surface area contributed by atoms with Crippen LogP contribution in [0.15, 0.2) is 67.0 Å². The lowest BCUT2D eigenvalue weighted by Crippen LogP contribution is -2.09. The van der Waals surface area contributed by atoms with Gasteiger partial charge in [0, 0.05) is 24.6 Å². The number of hydrogen-bond acceptors (Lipinski definition) is 5. The van der Waals surface area contributed by atoms with Crippen LogP contribution in [0.5, 0.6) is 5.88 Å². The molecule has 0 aliphatic heterocycles. The Morgan fingerprint density at radius 2 is 1.88 bits per heavy atom. The number of nitrogens with two attached hydrogens (primary N) is 1. The summed E-state index contributed by atoms with van der Waals surface area (Å²) in [6.45, 7) is 2.25. The van der Waals surface area contributed by atoms with Gasteiger partial charge in [0.15, 0.2) is 5.78 Å². The van der Waals surface area contributed by atoms with Crippen LogP contribution in [0.4, 0.5) is 0 Å². The first kappa shape index (κ1) is 17.8. The quantitative estimate of drug-likeness (QED) is 0.662. The number of Topliss-reactive ketones (excluding diaryl/α,β-unsaturated/α-hetero) is 1. The van der Waals surface area contributed by atoms with E-state index in [0.717, 1.165) is 11.1 Å². The SMILES string of the molecule is CC(Oc1cc(CN)ncn1)c1cccc(C(=O)Cc2ccccc2)c1.